The molecule has 2 rings (SSSR count). The summed E-state index contributed by atoms with van der Waals surface area (Å²) in [6.07, 6.45) is 3.72. The van der Waals surface area contributed by atoms with Gasteiger partial charge in [-0.1, -0.05) is 0 Å². The highest BCUT2D eigenvalue weighted by Crippen LogP contribution is 2.10. The fourth-order valence-corrected chi connectivity index (χ4v) is 2.15. The van der Waals surface area contributed by atoms with Gasteiger partial charge in [-0.15, -0.1) is 0 Å². The van der Waals surface area contributed by atoms with Crippen molar-refractivity contribution in [3.05, 3.63) is 0 Å². The number of likely N-dealkylation sites (tertiary alicyclic amines) is 1. The van der Waals surface area contributed by atoms with E-state index in [0.717, 1.165) is 19.5 Å². The molecule has 0 radical (unpaired) electrons. The first-order chi connectivity index (χ1) is 9.28. The van der Waals surface area contributed by atoms with Crippen LogP contribution in [0, 0.1) is 0 Å². The highest BCUT2D eigenvalue weighted by atomic mass is 16.5. The minimum Gasteiger partial charge on any atom is -0.464 e. The summed E-state index contributed by atoms with van der Waals surface area (Å²) in [4.78, 5) is 14.6. The van der Waals surface area contributed by atoms with Crippen molar-refractivity contribution in [3.63, 3.8) is 0 Å². The first kappa shape index (κ1) is 13.8. The summed E-state index contributed by atoms with van der Waals surface area (Å²) in [5, 5.41) is 3.16. The van der Waals surface area contributed by atoms with E-state index in [2.05, 4.69) is 25.2 Å². The van der Waals surface area contributed by atoms with E-state index in [-0.39, 0.29) is 12.0 Å². The Bertz CT molecular complexity index is 394. The summed E-state index contributed by atoms with van der Waals surface area (Å²) in [6, 6.07) is 0.275. The van der Waals surface area contributed by atoms with E-state index in [1.807, 2.05) is 6.92 Å². The largest absolute Gasteiger partial charge is 0.464 e. The number of nitrogen functional groups attached to an aromatic ring is 1. The quantitative estimate of drug-likeness (QED) is 0.704. The normalized spacial score (nSPS) is 15.6. The Morgan fingerprint density at radius 1 is 1.26 bits per heavy atom. The summed E-state index contributed by atoms with van der Waals surface area (Å²) in [5.74, 6) is 0.665. The average molecular weight is 266 g/mol. The van der Waals surface area contributed by atoms with Gasteiger partial charge in [0.15, 0.2) is 0 Å². The maximum atomic E-state index is 5.60. The molecule has 1 aliphatic heterocycles. The Morgan fingerprint density at radius 2 is 2.05 bits per heavy atom. The number of anilines is 2. The van der Waals surface area contributed by atoms with Gasteiger partial charge < -0.3 is 20.7 Å². The number of rotatable bonds is 7. The van der Waals surface area contributed by atoms with Crippen LogP contribution in [0.5, 0.6) is 6.01 Å². The van der Waals surface area contributed by atoms with E-state index in [0.29, 0.717) is 12.6 Å². The molecule has 1 aromatic rings. The van der Waals surface area contributed by atoms with Crippen molar-refractivity contribution in [1.29, 1.82) is 0 Å². The van der Waals surface area contributed by atoms with Gasteiger partial charge in [0, 0.05) is 6.54 Å². The molecule has 1 aliphatic rings. The molecule has 106 valence electrons. The van der Waals surface area contributed by atoms with Crippen LogP contribution in [-0.2, 0) is 0 Å². The summed E-state index contributed by atoms with van der Waals surface area (Å²) >= 11 is 0. The Labute approximate surface area is 113 Å². The molecule has 0 spiro atoms. The number of hydrogen-bond donors (Lipinski definition) is 2. The van der Waals surface area contributed by atoms with Gasteiger partial charge in [0.05, 0.1) is 6.61 Å². The molecule has 0 aliphatic carbocycles. The molecule has 7 nitrogen and oxygen atoms in total. The number of nitrogens with zero attached hydrogens (tertiary/aromatic N) is 4. The molecular weight excluding hydrogens is 244 g/mol. The fraction of sp³-hybridized carbons (Fsp3) is 0.750. The van der Waals surface area contributed by atoms with Crippen LogP contribution in [-0.4, -0.2) is 52.6 Å². The third-order valence-corrected chi connectivity index (χ3v) is 3.04. The molecule has 0 bridgehead atoms. The lowest BCUT2D eigenvalue weighted by Crippen LogP contribution is -2.22. The summed E-state index contributed by atoms with van der Waals surface area (Å²) in [7, 11) is 0. The molecular formula is C12H22N6O. The molecule has 19 heavy (non-hydrogen) atoms. The van der Waals surface area contributed by atoms with Gasteiger partial charge in [-0.25, -0.2) is 0 Å². The zero-order valence-electron chi connectivity index (χ0n) is 11.4. The van der Waals surface area contributed by atoms with Crippen molar-refractivity contribution >= 4 is 11.9 Å². The zero-order chi connectivity index (χ0) is 13.5. The molecule has 0 unspecified atom stereocenters. The second-order valence-corrected chi connectivity index (χ2v) is 4.56. The first-order valence-corrected chi connectivity index (χ1v) is 6.88. The van der Waals surface area contributed by atoms with Gasteiger partial charge >= 0.3 is 6.01 Å². The maximum absolute atomic E-state index is 5.60. The average Bonchev–Trinajstić information content (AvgIpc) is 2.87. The zero-order valence-corrected chi connectivity index (χ0v) is 11.4. The standard InChI is InChI=1S/C12H22N6O/c1-2-19-12-16-10(13)15-11(17-12)14-6-5-9-18-7-3-4-8-18/h2-9H2,1H3,(H3,13,14,15,16,17). The SMILES string of the molecule is CCOc1nc(N)nc(NCCCN2CCCC2)n1. The Hall–Kier alpha value is -1.63. The van der Waals surface area contributed by atoms with E-state index in [4.69, 9.17) is 10.5 Å². The Balaban J connectivity index is 1.75. The number of nitrogens with one attached hydrogen (secondary N) is 1. The van der Waals surface area contributed by atoms with E-state index in [1.165, 1.54) is 25.9 Å². The molecule has 7 heteroatoms. The highest BCUT2D eigenvalue weighted by Gasteiger charge is 2.10. The van der Waals surface area contributed by atoms with Crippen molar-refractivity contribution < 1.29 is 4.74 Å². The lowest BCUT2D eigenvalue weighted by atomic mass is 10.4. The Morgan fingerprint density at radius 3 is 2.79 bits per heavy atom. The van der Waals surface area contributed by atoms with Crippen LogP contribution in [0.25, 0.3) is 0 Å². The van der Waals surface area contributed by atoms with Crippen LogP contribution in [0.1, 0.15) is 26.2 Å². The monoisotopic (exact) mass is 266 g/mol. The first-order valence-electron chi connectivity index (χ1n) is 6.88. The smallest absolute Gasteiger partial charge is 0.323 e. The predicted molar refractivity (Wildman–Crippen MR) is 74.2 cm³/mol. The van der Waals surface area contributed by atoms with Crippen molar-refractivity contribution in [2.24, 2.45) is 0 Å². The van der Waals surface area contributed by atoms with Crippen molar-refractivity contribution in [3.8, 4) is 6.01 Å². The number of aromatic nitrogens is 3. The minimum atomic E-state index is 0.181. The van der Waals surface area contributed by atoms with Gasteiger partial charge in [0.1, 0.15) is 0 Å². The second kappa shape index (κ2) is 7.08. The van der Waals surface area contributed by atoms with Crippen LogP contribution in [0.2, 0.25) is 0 Å². The highest BCUT2D eigenvalue weighted by molar-refractivity contribution is 5.32. The van der Waals surface area contributed by atoms with Gasteiger partial charge in [0.25, 0.3) is 0 Å². The number of nitrogens with two attached hydrogens (primary N) is 1. The molecule has 3 N–H and O–H groups in total. The molecule has 0 atom stereocenters. The third kappa shape index (κ3) is 4.51. The van der Waals surface area contributed by atoms with Crippen LogP contribution < -0.4 is 15.8 Å². The summed E-state index contributed by atoms with van der Waals surface area (Å²) in [5.41, 5.74) is 5.60. The topological polar surface area (TPSA) is 89.2 Å². The van der Waals surface area contributed by atoms with E-state index >= 15 is 0 Å². The van der Waals surface area contributed by atoms with Gasteiger partial charge in [-0.2, -0.15) is 15.0 Å². The summed E-state index contributed by atoms with van der Waals surface area (Å²) in [6.45, 7) is 6.79. The van der Waals surface area contributed by atoms with Crippen LogP contribution >= 0.6 is 0 Å². The fourth-order valence-electron chi connectivity index (χ4n) is 2.15. The third-order valence-electron chi connectivity index (χ3n) is 3.04. The van der Waals surface area contributed by atoms with Gasteiger partial charge in [-0.05, 0) is 45.8 Å². The molecule has 0 aromatic carbocycles. The molecule has 0 amide bonds. The molecule has 0 saturated carbocycles. The Kier molecular flexibility index (Phi) is 5.14. The van der Waals surface area contributed by atoms with E-state index < -0.39 is 0 Å². The second-order valence-electron chi connectivity index (χ2n) is 4.56. The lowest BCUT2D eigenvalue weighted by molar-refractivity contribution is 0.312. The van der Waals surface area contributed by atoms with Gasteiger partial charge in [-0.3, -0.25) is 0 Å². The maximum Gasteiger partial charge on any atom is 0.323 e. The van der Waals surface area contributed by atoms with E-state index in [1.54, 1.807) is 0 Å². The van der Waals surface area contributed by atoms with E-state index in [9.17, 15) is 0 Å². The van der Waals surface area contributed by atoms with Crippen molar-refractivity contribution in [2.45, 2.75) is 26.2 Å². The molecule has 1 aromatic heterocycles. The molecule has 2 heterocycles. The number of hydrogen-bond acceptors (Lipinski definition) is 7. The summed E-state index contributed by atoms with van der Waals surface area (Å²) < 4.78 is 5.22. The predicted octanol–water partition coefficient (Wildman–Crippen LogP) is 0.750. The van der Waals surface area contributed by atoms with Crippen LogP contribution in [0.3, 0.4) is 0 Å². The van der Waals surface area contributed by atoms with Crippen LogP contribution in [0.4, 0.5) is 11.9 Å². The van der Waals surface area contributed by atoms with Crippen molar-refractivity contribution in [2.75, 3.05) is 43.8 Å². The number of ether oxygens (including phenoxy) is 1. The van der Waals surface area contributed by atoms with Crippen LogP contribution in [0.15, 0.2) is 0 Å². The minimum absolute atomic E-state index is 0.181. The molecule has 1 saturated heterocycles. The molecule has 1 fully saturated rings. The van der Waals surface area contributed by atoms with Gasteiger partial charge in [0.2, 0.25) is 11.9 Å². The lowest BCUT2D eigenvalue weighted by Gasteiger charge is -2.14. The van der Waals surface area contributed by atoms with Crippen molar-refractivity contribution in [1.82, 2.24) is 19.9 Å².